The largest absolute Gasteiger partial charge is 0.462 e. The molecule has 0 aromatic rings. The minimum Gasteiger partial charge on any atom is -0.462 e. The Hall–Kier alpha value is -2.86. The molecule has 1 aliphatic rings. The summed E-state index contributed by atoms with van der Waals surface area (Å²) in [6.45, 7) is 3.31. The molecular weight excluding hydrogens is 749 g/mol. The number of esters is 2. The fourth-order valence-electron chi connectivity index (χ4n) is 6.38. The van der Waals surface area contributed by atoms with Crippen LogP contribution in [0.5, 0.6) is 0 Å². The zero-order valence-electron chi connectivity index (χ0n) is 36.7. The number of ether oxygens (including phenoxy) is 4. The Morgan fingerprint density at radius 2 is 0.949 bits per heavy atom. The molecule has 10 heteroatoms. The Morgan fingerprint density at radius 1 is 0.525 bits per heavy atom. The minimum atomic E-state index is -1.61. The summed E-state index contributed by atoms with van der Waals surface area (Å²) in [6.07, 6.45) is 41.8. The number of aliphatic hydroxyl groups excluding tert-OH is 4. The molecule has 4 N–H and O–H groups in total. The van der Waals surface area contributed by atoms with Gasteiger partial charge >= 0.3 is 11.9 Å². The molecule has 10 nitrogen and oxygen atoms in total. The van der Waals surface area contributed by atoms with E-state index in [1.807, 2.05) is 0 Å². The molecule has 59 heavy (non-hydrogen) atoms. The molecule has 1 heterocycles. The predicted octanol–water partition coefficient (Wildman–Crippen LogP) is 10.00. The molecule has 1 aliphatic heterocycles. The third-order valence-corrected chi connectivity index (χ3v) is 10.1. The molecule has 0 aromatic carbocycles. The number of aliphatic hydroxyl groups is 4. The zero-order chi connectivity index (χ0) is 43.0. The second-order valence-electron chi connectivity index (χ2n) is 15.5. The van der Waals surface area contributed by atoms with E-state index < -0.39 is 55.4 Å². The first-order valence-electron chi connectivity index (χ1n) is 23.0. The number of hydrogen-bond acceptors (Lipinski definition) is 10. The van der Waals surface area contributed by atoms with Crippen molar-refractivity contribution in [2.75, 3.05) is 19.8 Å². The molecule has 0 aliphatic carbocycles. The van der Waals surface area contributed by atoms with Crippen molar-refractivity contribution >= 4 is 11.9 Å². The van der Waals surface area contributed by atoms with Crippen molar-refractivity contribution in [2.45, 2.75) is 205 Å². The standard InChI is InChI=1S/C49H82O10/c1-3-5-7-9-11-13-15-17-19-20-21-22-24-25-27-29-31-33-35-37-44(51)56-40-42(41-57-49-48(55)47(54)46(53)43(39-50)59-49)58-45(52)38-36-34-32-30-28-26-23-18-16-14-12-10-8-6-4-2/h11-14,17-19,21-23,25,27,42-43,46-50,53-55H,3-10,15-16,20,24,26,28-41H2,1-2H3/b13-11+,14-12+,19-17+,22-21+,23-18+,27-25+/t42-,43-,46+,47?,48?,49-/m0/s1. The summed E-state index contributed by atoms with van der Waals surface area (Å²) in [6, 6.07) is 0. The minimum absolute atomic E-state index is 0.203. The smallest absolute Gasteiger partial charge is 0.306 e. The van der Waals surface area contributed by atoms with E-state index in [-0.39, 0.29) is 26.1 Å². The van der Waals surface area contributed by atoms with Gasteiger partial charge in [0.2, 0.25) is 0 Å². The number of hydrogen-bond donors (Lipinski definition) is 4. The van der Waals surface area contributed by atoms with Crippen LogP contribution in [0.2, 0.25) is 0 Å². The summed E-state index contributed by atoms with van der Waals surface area (Å²) < 4.78 is 22.1. The maximum absolute atomic E-state index is 12.8. The summed E-state index contributed by atoms with van der Waals surface area (Å²) in [5.41, 5.74) is 0. The summed E-state index contributed by atoms with van der Waals surface area (Å²) in [5.74, 6) is -0.865. The molecule has 6 atom stereocenters. The van der Waals surface area contributed by atoms with Crippen LogP contribution in [0.1, 0.15) is 168 Å². The van der Waals surface area contributed by atoms with Crippen molar-refractivity contribution in [3.05, 3.63) is 72.9 Å². The number of carbonyl (C=O) groups excluding carboxylic acids is 2. The normalized spacial score (nSPS) is 20.7. The quantitative estimate of drug-likeness (QED) is 0.0271. The van der Waals surface area contributed by atoms with Crippen LogP contribution in [0.3, 0.4) is 0 Å². The Kier molecular flexibility index (Phi) is 36.1. The average molecular weight is 831 g/mol. The lowest BCUT2D eigenvalue weighted by molar-refractivity contribution is -0.305. The molecule has 0 aromatic heterocycles. The van der Waals surface area contributed by atoms with Gasteiger partial charge in [-0.2, -0.15) is 0 Å². The first kappa shape index (κ1) is 54.2. The Morgan fingerprint density at radius 3 is 1.44 bits per heavy atom. The molecule has 0 spiro atoms. The average Bonchev–Trinajstić information content (AvgIpc) is 3.23. The summed E-state index contributed by atoms with van der Waals surface area (Å²) in [5, 5.41) is 40.1. The number of unbranched alkanes of at least 4 members (excludes halogenated alkanes) is 14. The highest BCUT2D eigenvalue weighted by Crippen LogP contribution is 2.22. The van der Waals surface area contributed by atoms with E-state index in [0.717, 1.165) is 83.5 Å². The van der Waals surface area contributed by atoms with E-state index in [1.165, 1.54) is 44.9 Å². The van der Waals surface area contributed by atoms with E-state index >= 15 is 0 Å². The van der Waals surface area contributed by atoms with E-state index in [0.29, 0.717) is 12.8 Å². The van der Waals surface area contributed by atoms with Crippen LogP contribution in [0.15, 0.2) is 72.9 Å². The van der Waals surface area contributed by atoms with Gasteiger partial charge in [-0.05, 0) is 89.9 Å². The fraction of sp³-hybridized carbons (Fsp3) is 0.714. The van der Waals surface area contributed by atoms with Crippen LogP contribution in [0.4, 0.5) is 0 Å². The van der Waals surface area contributed by atoms with E-state index in [2.05, 4.69) is 86.8 Å². The highest BCUT2D eigenvalue weighted by Gasteiger charge is 2.44. The Balaban J connectivity index is 2.36. The second kappa shape index (κ2) is 39.3. The van der Waals surface area contributed by atoms with Gasteiger partial charge in [-0.25, -0.2) is 0 Å². The molecule has 0 bridgehead atoms. The van der Waals surface area contributed by atoms with Gasteiger partial charge in [0, 0.05) is 12.8 Å². The SMILES string of the molecule is CCCCC/C=C/C/C=C/C/C=C/C/C=C/CCCCCC(=O)OC[C@@H](CO[C@H]1O[C@@H](CO)[C@@H](O)C(O)C1O)OC(=O)CCCCCCC/C=C/C/C=C/CCCCC. The van der Waals surface area contributed by atoms with E-state index in [1.54, 1.807) is 0 Å². The molecule has 0 amide bonds. The predicted molar refractivity (Wildman–Crippen MR) is 238 cm³/mol. The number of allylic oxidation sites excluding steroid dienone is 12. The van der Waals surface area contributed by atoms with Gasteiger partial charge in [-0.1, -0.05) is 138 Å². The first-order chi connectivity index (χ1) is 28.8. The van der Waals surface area contributed by atoms with Crippen LogP contribution in [0, 0.1) is 0 Å². The lowest BCUT2D eigenvalue weighted by Gasteiger charge is -2.39. The molecule has 2 unspecified atom stereocenters. The third-order valence-electron chi connectivity index (χ3n) is 10.1. The zero-order valence-corrected chi connectivity index (χ0v) is 36.7. The molecule has 1 saturated heterocycles. The highest BCUT2D eigenvalue weighted by atomic mass is 16.7. The topological polar surface area (TPSA) is 152 Å². The monoisotopic (exact) mass is 831 g/mol. The number of rotatable bonds is 37. The summed E-state index contributed by atoms with van der Waals surface area (Å²) in [7, 11) is 0. The molecule has 1 fully saturated rings. The van der Waals surface area contributed by atoms with Crippen molar-refractivity contribution in [1.29, 1.82) is 0 Å². The van der Waals surface area contributed by atoms with E-state index in [4.69, 9.17) is 18.9 Å². The van der Waals surface area contributed by atoms with Crippen LogP contribution in [0.25, 0.3) is 0 Å². The van der Waals surface area contributed by atoms with Gasteiger partial charge in [0.05, 0.1) is 13.2 Å². The maximum Gasteiger partial charge on any atom is 0.306 e. The first-order valence-corrected chi connectivity index (χ1v) is 23.0. The van der Waals surface area contributed by atoms with Gasteiger partial charge in [0.1, 0.15) is 31.0 Å². The molecule has 0 saturated carbocycles. The molecule has 0 radical (unpaired) electrons. The second-order valence-corrected chi connectivity index (χ2v) is 15.5. The van der Waals surface area contributed by atoms with Gasteiger partial charge in [0.15, 0.2) is 12.4 Å². The van der Waals surface area contributed by atoms with Gasteiger partial charge in [-0.3, -0.25) is 9.59 Å². The van der Waals surface area contributed by atoms with Crippen LogP contribution < -0.4 is 0 Å². The number of carbonyl (C=O) groups is 2. The maximum atomic E-state index is 12.8. The Bertz CT molecular complexity index is 1190. The van der Waals surface area contributed by atoms with Gasteiger partial charge in [-0.15, -0.1) is 0 Å². The van der Waals surface area contributed by atoms with Gasteiger partial charge in [0.25, 0.3) is 0 Å². The van der Waals surface area contributed by atoms with Crippen LogP contribution in [-0.2, 0) is 28.5 Å². The van der Waals surface area contributed by atoms with Crippen molar-refractivity contribution in [2.24, 2.45) is 0 Å². The lowest BCUT2D eigenvalue weighted by atomic mass is 9.99. The third kappa shape index (κ3) is 30.8. The highest BCUT2D eigenvalue weighted by molar-refractivity contribution is 5.70. The molecule has 338 valence electrons. The summed E-state index contributed by atoms with van der Waals surface area (Å²) in [4.78, 5) is 25.3. The van der Waals surface area contributed by atoms with Gasteiger partial charge < -0.3 is 39.4 Å². The van der Waals surface area contributed by atoms with Crippen molar-refractivity contribution in [1.82, 2.24) is 0 Å². The van der Waals surface area contributed by atoms with Crippen LogP contribution >= 0.6 is 0 Å². The van der Waals surface area contributed by atoms with Crippen molar-refractivity contribution < 1.29 is 49.0 Å². The molecular formula is C49H82O10. The summed E-state index contributed by atoms with van der Waals surface area (Å²) >= 11 is 0. The van der Waals surface area contributed by atoms with Crippen molar-refractivity contribution in [3.8, 4) is 0 Å². The van der Waals surface area contributed by atoms with Crippen LogP contribution in [-0.4, -0.2) is 89.0 Å². The fourth-order valence-corrected chi connectivity index (χ4v) is 6.38. The Labute approximate surface area is 357 Å². The lowest BCUT2D eigenvalue weighted by Crippen LogP contribution is -2.59. The molecule has 1 rings (SSSR count). The van der Waals surface area contributed by atoms with Crippen molar-refractivity contribution in [3.63, 3.8) is 0 Å². The van der Waals surface area contributed by atoms with E-state index in [9.17, 15) is 30.0 Å².